The number of carbonyl (C=O) groups is 1. The zero-order valence-electron chi connectivity index (χ0n) is 11.8. The zero-order valence-corrected chi connectivity index (χ0v) is 13.4. The molecule has 1 unspecified atom stereocenters. The van der Waals surface area contributed by atoms with Gasteiger partial charge in [0.15, 0.2) is 0 Å². The Labute approximate surface area is 131 Å². The van der Waals surface area contributed by atoms with Crippen LogP contribution in [0, 0.1) is 0 Å². The number of amides is 1. The van der Waals surface area contributed by atoms with Gasteiger partial charge in [0.2, 0.25) is 5.91 Å². The molecule has 21 heavy (non-hydrogen) atoms. The number of carbonyl (C=O) groups excluding carboxylic acids is 1. The number of likely N-dealkylation sites (N-methyl/N-ethyl adjacent to an activating group) is 1. The van der Waals surface area contributed by atoms with Crippen LogP contribution in [-0.2, 0) is 17.8 Å². The number of halogens is 1. The second-order valence-corrected chi connectivity index (χ2v) is 6.00. The minimum absolute atomic E-state index is 0.0557. The van der Waals surface area contributed by atoms with Gasteiger partial charge >= 0.3 is 0 Å². The Bertz CT molecular complexity index is 667. The summed E-state index contributed by atoms with van der Waals surface area (Å²) >= 11 is 3.61. The minimum atomic E-state index is -0.0557. The molecule has 1 heterocycles. The van der Waals surface area contributed by atoms with Gasteiger partial charge in [-0.05, 0) is 30.0 Å². The summed E-state index contributed by atoms with van der Waals surface area (Å²) in [6.07, 6.45) is 5.77. The Kier molecular flexibility index (Phi) is 3.96. The molecule has 0 aliphatic heterocycles. The van der Waals surface area contributed by atoms with E-state index in [1.807, 2.05) is 6.20 Å². The van der Waals surface area contributed by atoms with Gasteiger partial charge in [0.25, 0.3) is 0 Å². The Balaban J connectivity index is 1.72. The molecule has 1 aromatic heterocycles. The molecule has 110 valence electrons. The quantitative estimate of drug-likeness (QED) is 0.892. The maximum Gasteiger partial charge on any atom is 0.241 e. The van der Waals surface area contributed by atoms with Gasteiger partial charge in [0.1, 0.15) is 6.54 Å². The van der Waals surface area contributed by atoms with Crippen molar-refractivity contribution in [3.8, 4) is 0 Å². The topological polar surface area (TPSA) is 59.0 Å². The number of aromatic nitrogens is 2. The Hall–Kier alpha value is -1.82. The van der Waals surface area contributed by atoms with Crippen molar-refractivity contribution in [2.75, 3.05) is 12.4 Å². The lowest BCUT2D eigenvalue weighted by molar-refractivity contribution is -0.121. The molecule has 1 aliphatic rings. The van der Waals surface area contributed by atoms with Crippen molar-refractivity contribution in [2.24, 2.45) is 0 Å². The van der Waals surface area contributed by atoms with Gasteiger partial charge < -0.3 is 10.6 Å². The second kappa shape index (κ2) is 5.89. The van der Waals surface area contributed by atoms with Crippen LogP contribution in [0.25, 0.3) is 0 Å². The van der Waals surface area contributed by atoms with Crippen LogP contribution in [0.4, 0.5) is 5.69 Å². The molecular weight excluding hydrogens is 332 g/mol. The van der Waals surface area contributed by atoms with Crippen LogP contribution in [0.5, 0.6) is 0 Å². The number of hydrogen-bond donors (Lipinski definition) is 2. The summed E-state index contributed by atoms with van der Waals surface area (Å²) in [5.74, 6) is -0.0557. The summed E-state index contributed by atoms with van der Waals surface area (Å²) in [5, 5.41) is 10.3. The molecule has 6 heteroatoms. The van der Waals surface area contributed by atoms with Gasteiger partial charge in [-0.25, -0.2) is 0 Å². The lowest BCUT2D eigenvalue weighted by Gasteiger charge is -2.14. The van der Waals surface area contributed by atoms with Crippen molar-refractivity contribution < 1.29 is 4.79 Å². The van der Waals surface area contributed by atoms with E-state index in [1.165, 1.54) is 15.6 Å². The summed E-state index contributed by atoms with van der Waals surface area (Å²) in [6.45, 7) is 0.241. The van der Waals surface area contributed by atoms with E-state index in [0.717, 1.165) is 18.5 Å². The number of nitrogens with zero attached hydrogens (tertiary/aromatic N) is 2. The van der Waals surface area contributed by atoms with E-state index >= 15 is 0 Å². The van der Waals surface area contributed by atoms with Gasteiger partial charge in [-0.1, -0.05) is 28.1 Å². The van der Waals surface area contributed by atoms with Crippen molar-refractivity contribution >= 4 is 27.5 Å². The first-order valence-corrected chi connectivity index (χ1v) is 7.73. The van der Waals surface area contributed by atoms with E-state index < -0.39 is 0 Å². The van der Waals surface area contributed by atoms with Crippen molar-refractivity contribution in [3.63, 3.8) is 0 Å². The van der Waals surface area contributed by atoms with E-state index in [1.54, 1.807) is 17.9 Å². The molecule has 1 atom stereocenters. The average molecular weight is 349 g/mol. The van der Waals surface area contributed by atoms with Crippen LogP contribution in [0.2, 0.25) is 0 Å². The standard InChI is InChI=1S/C15H17BrN4O/c1-17-15(21)9-20-8-10(7-18-20)19-14-6-5-11-12(14)3-2-4-13(11)16/h2-4,7-8,14,19H,5-6,9H2,1H3,(H,17,21). The molecule has 0 bridgehead atoms. The van der Waals surface area contributed by atoms with E-state index in [2.05, 4.69) is 49.9 Å². The third-order valence-corrected chi connectivity index (χ3v) is 4.52. The molecule has 5 nitrogen and oxygen atoms in total. The fourth-order valence-corrected chi connectivity index (χ4v) is 3.29. The number of rotatable bonds is 4. The third kappa shape index (κ3) is 2.95. The smallest absolute Gasteiger partial charge is 0.241 e. The number of hydrogen-bond acceptors (Lipinski definition) is 3. The molecule has 0 saturated heterocycles. The van der Waals surface area contributed by atoms with Gasteiger partial charge in [0.05, 0.1) is 17.9 Å². The largest absolute Gasteiger partial charge is 0.376 e. The van der Waals surface area contributed by atoms with E-state index in [-0.39, 0.29) is 12.5 Å². The minimum Gasteiger partial charge on any atom is -0.376 e. The molecule has 2 N–H and O–H groups in total. The van der Waals surface area contributed by atoms with Crippen LogP contribution in [0.15, 0.2) is 35.1 Å². The summed E-state index contributed by atoms with van der Waals surface area (Å²) in [7, 11) is 1.62. The highest BCUT2D eigenvalue weighted by atomic mass is 79.9. The molecule has 2 aromatic rings. The van der Waals surface area contributed by atoms with Crippen molar-refractivity contribution in [1.82, 2.24) is 15.1 Å². The van der Waals surface area contributed by atoms with Crippen LogP contribution in [-0.4, -0.2) is 22.7 Å². The monoisotopic (exact) mass is 348 g/mol. The summed E-state index contributed by atoms with van der Waals surface area (Å²) in [5.41, 5.74) is 3.66. The Morgan fingerprint density at radius 2 is 2.38 bits per heavy atom. The lowest BCUT2D eigenvalue weighted by atomic mass is 10.1. The molecule has 0 saturated carbocycles. The molecule has 0 fully saturated rings. The maximum absolute atomic E-state index is 11.3. The average Bonchev–Trinajstić information content (AvgIpc) is 3.08. The molecule has 1 amide bonds. The van der Waals surface area contributed by atoms with E-state index in [0.29, 0.717) is 6.04 Å². The highest BCUT2D eigenvalue weighted by molar-refractivity contribution is 9.10. The van der Waals surface area contributed by atoms with E-state index in [9.17, 15) is 4.79 Å². The lowest BCUT2D eigenvalue weighted by Crippen LogP contribution is -2.23. The first-order chi connectivity index (χ1) is 10.2. The van der Waals surface area contributed by atoms with Crippen LogP contribution in [0.1, 0.15) is 23.6 Å². The summed E-state index contributed by atoms with van der Waals surface area (Å²) < 4.78 is 2.82. The van der Waals surface area contributed by atoms with E-state index in [4.69, 9.17) is 0 Å². The molecule has 1 aromatic carbocycles. The number of fused-ring (bicyclic) bond motifs is 1. The SMILES string of the molecule is CNC(=O)Cn1cc(NC2CCc3c(Br)cccc32)cn1. The number of anilines is 1. The second-order valence-electron chi connectivity index (χ2n) is 5.14. The predicted octanol–water partition coefficient (Wildman–Crippen LogP) is 2.49. The predicted molar refractivity (Wildman–Crippen MR) is 85.1 cm³/mol. The van der Waals surface area contributed by atoms with Gasteiger partial charge in [-0.2, -0.15) is 5.10 Å². The molecule has 3 rings (SSSR count). The number of benzene rings is 1. The van der Waals surface area contributed by atoms with Crippen LogP contribution in [0.3, 0.4) is 0 Å². The molecular formula is C15H17BrN4O. The fraction of sp³-hybridized carbons (Fsp3) is 0.333. The third-order valence-electron chi connectivity index (χ3n) is 3.77. The highest BCUT2D eigenvalue weighted by Crippen LogP contribution is 2.37. The summed E-state index contributed by atoms with van der Waals surface area (Å²) in [6, 6.07) is 6.62. The molecule has 1 aliphatic carbocycles. The van der Waals surface area contributed by atoms with Gasteiger partial charge in [-0.15, -0.1) is 0 Å². The Morgan fingerprint density at radius 1 is 1.52 bits per heavy atom. The van der Waals surface area contributed by atoms with Crippen LogP contribution >= 0.6 is 15.9 Å². The van der Waals surface area contributed by atoms with Gasteiger partial charge in [-0.3, -0.25) is 9.48 Å². The maximum atomic E-state index is 11.3. The first kappa shape index (κ1) is 14.1. The van der Waals surface area contributed by atoms with Gasteiger partial charge in [0, 0.05) is 17.7 Å². The van der Waals surface area contributed by atoms with Crippen molar-refractivity contribution in [3.05, 3.63) is 46.2 Å². The van der Waals surface area contributed by atoms with Crippen LogP contribution < -0.4 is 10.6 Å². The van der Waals surface area contributed by atoms with Crippen molar-refractivity contribution in [1.29, 1.82) is 0 Å². The first-order valence-electron chi connectivity index (χ1n) is 6.94. The zero-order chi connectivity index (χ0) is 14.8. The normalized spacial score (nSPS) is 16.6. The summed E-state index contributed by atoms with van der Waals surface area (Å²) in [4.78, 5) is 11.3. The molecule has 0 spiro atoms. The highest BCUT2D eigenvalue weighted by Gasteiger charge is 2.24. The van der Waals surface area contributed by atoms with Crippen molar-refractivity contribution in [2.45, 2.75) is 25.4 Å². The molecule has 0 radical (unpaired) electrons. The fourth-order valence-electron chi connectivity index (χ4n) is 2.71. The Morgan fingerprint density at radius 3 is 3.19 bits per heavy atom. The number of nitrogens with one attached hydrogen (secondary N) is 2.